The van der Waals surface area contributed by atoms with E-state index >= 15 is 0 Å². The standard InChI is InChI=1S/C15H13N5OS/c21-7-6-19-10-18-12-9-11(1-2-13(12)19)20-5-3-16-14(20)15-17-4-8-22-15/h1-5,8-10,21H,6-7H2. The van der Waals surface area contributed by atoms with Crippen molar-refractivity contribution in [2.45, 2.75) is 6.54 Å². The number of thiazole rings is 1. The molecule has 0 unspecified atom stereocenters. The molecule has 0 radical (unpaired) electrons. The van der Waals surface area contributed by atoms with Gasteiger partial charge in [0.1, 0.15) is 0 Å². The van der Waals surface area contributed by atoms with E-state index in [1.165, 1.54) is 0 Å². The normalized spacial score (nSPS) is 11.3. The van der Waals surface area contributed by atoms with Crippen molar-refractivity contribution in [3.8, 4) is 16.5 Å². The molecule has 1 N–H and O–H groups in total. The fourth-order valence-electron chi connectivity index (χ4n) is 2.49. The predicted molar refractivity (Wildman–Crippen MR) is 85.0 cm³/mol. The first-order valence-electron chi connectivity index (χ1n) is 6.86. The van der Waals surface area contributed by atoms with Crippen LogP contribution in [0.1, 0.15) is 0 Å². The van der Waals surface area contributed by atoms with Crippen LogP contribution in [-0.4, -0.2) is 35.8 Å². The minimum atomic E-state index is 0.100. The van der Waals surface area contributed by atoms with Crippen molar-refractivity contribution in [1.29, 1.82) is 0 Å². The first-order chi connectivity index (χ1) is 10.9. The summed E-state index contributed by atoms with van der Waals surface area (Å²) in [5, 5.41) is 11.9. The topological polar surface area (TPSA) is 68.8 Å². The van der Waals surface area contributed by atoms with Gasteiger partial charge in [0, 0.05) is 36.2 Å². The van der Waals surface area contributed by atoms with E-state index in [1.807, 2.05) is 38.9 Å². The van der Waals surface area contributed by atoms with E-state index in [4.69, 9.17) is 5.11 Å². The Balaban J connectivity index is 1.81. The van der Waals surface area contributed by atoms with Gasteiger partial charge in [-0.05, 0) is 18.2 Å². The summed E-state index contributed by atoms with van der Waals surface area (Å²) < 4.78 is 3.94. The van der Waals surface area contributed by atoms with E-state index in [0.717, 1.165) is 27.6 Å². The zero-order chi connectivity index (χ0) is 14.9. The van der Waals surface area contributed by atoms with Crippen LogP contribution >= 0.6 is 11.3 Å². The molecule has 0 aliphatic rings. The van der Waals surface area contributed by atoms with Crippen LogP contribution in [0.4, 0.5) is 0 Å². The molecule has 0 spiro atoms. The first kappa shape index (κ1) is 13.2. The number of imidazole rings is 2. The summed E-state index contributed by atoms with van der Waals surface area (Å²) in [6.07, 6.45) is 7.22. The molecule has 1 aromatic carbocycles. The highest BCUT2D eigenvalue weighted by Crippen LogP contribution is 2.25. The number of aromatic nitrogens is 5. The second-order valence-corrected chi connectivity index (χ2v) is 5.69. The molecular formula is C15H13N5OS. The number of fused-ring (bicyclic) bond motifs is 1. The zero-order valence-corrected chi connectivity index (χ0v) is 12.4. The van der Waals surface area contributed by atoms with Gasteiger partial charge in [-0.3, -0.25) is 4.57 Å². The lowest BCUT2D eigenvalue weighted by atomic mass is 10.2. The number of nitrogens with zero attached hydrogens (tertiary/aromatic N) is 5. The number of aliphatic hydroxyl groups excluding tert-OH is 1. The van der Waals surface area contributed by atoms with Gasteiger partial charge in [-0.1, -0.05) is 0 Å². The second-order valence-electron chi connectivity index (χ2n) is 4.79. The van der Waals surface area contributed by atoms with Crippen LogP contribution in [-0.2, 0) is 6.54 Å². The number of rotatable bonds is 4. The largest absolute Gasteiger partial charge is 0.395 e. The van der Waals surface area contributed by atoms with E-state index in [9.17, 15) is 0 Å². The Morgan fingerprint density at radius 1 is 1.14 bits per heavy atom. The molecule has 6 nitrogen and oxygen atoms in total. The highest BCUT2D eigenvalue weighted by atomic mass is 32.1. The van der Waals surface area contributed by atoms with Gasteiger partial charge in [-0.15, -0.1) is 11.3 Å². The van der Waals surface area contributed by atoms with Crippen LogP contribution in [0.15, 0.2) is 48.5 Å². The fourth-order valence-corrected chi connectivity index (χ4v) is 3.12. The summed E-state index contributed by atoms with van der Waals surface area (Å²) in [5.41, 5.74) is 2.89. The van der Waals surface area contributed by atoms with Crippen LogP contribution < -0.4 is 0 Å². The van der Waals surface area contributed by atoms with E-state index in [-0.39, 0.29) is 6.61 Å². The molecule has 7 heteroatoms. The zero-order valence-electron chi connectivity index (χ0n) is 11.6. The summed E-state index contributed by atoms with van der Waals surface area (Å²) >= 11 is 1.56. The van der Waals surface area contributed by atoms with Gasteiger partial charge in [0.25, 0.3) is 0 Å². The summed E-state index contributed by atoms with van der Waals surface area (Å²) in [7, 11) is 0. The second kappa shape index (κ2) is 5.36. The monoisotopic (exact) mass is 311 g/mol. The highest BCUT2D eigenvalue weighted by molar-refractivity contribution is 7.13. The van der Waals surface area contributed by atoms with Crippen molar-refractivity contribution >= 4 is 22.4 Å². The SMILES string of the molecule is OCCn1cnc2cc(-n3ccnc3-c3nccs3)ccc21. The smallest absolute Gasteiger partial charge is 0.173 e. The van der Waals surface area contributed by atoms with E-state index in [0.29, 0.717) is 6.54 Å². The molecule has 0 atom stereocenters. The molecule has 3 aromatic heterocycles. The Kier molecular flexibility index (Phi) is 3.21. The fraction of sp³-hybridized carbons (Fsp3) is 0.133. The van der Waals surface area contributed by atoms with E-state index < -0.39 is 0 Å². The van der Waals surface area contributed by atoms with Crippen molar-refractivity contribution in [3.05, 3.63) is 48.5 Å². The summed E-state index contributed by atoms with van der Waals surface area (Å²) in [6.45, 7) is 0.647. The molecule has 0 saturated heterocycles. The van der Waals surface area contributed by atoms with Crippen molar-refractivity contribution in [1.82, 2.24) is 24.1 Å². The first-order valence-corrected chi connectivity index (χ1v) is 7.74. The van der Waals surface area contributed by atoms with Crippen molar-refractivity contribution < 1.29 is 5.11 Å². The third-order valence-corrected chi connectivity index (χ3v) is 4.26. The van der Waals surface area contributed by atoms with Gasteiger partial charge >= 0.3 is 0 Å². The van der Waals surface area contributed by atoms with Gasteiger partial charge in [-0.2, -0.15) is 0 Å². The average Bonchev–Trinajstić information content (AvgIpc) is 3.27. The van der Waals surface area contributed by atoms with Crippen molar-refractivity contribution in [2.24, 2.45) is 0 Å². The van der Waals surface area contributed by atoms with Crippen LogP contribution in [0.2, 0.25) is 0 Å². The number of aliphatic hydroxyl groups is 1. The third-order valence-electron chi connectivity index (χ3n) is 3.49. The summed E-state index contributed by atoms with van der Waals surface area (Å²) in [6, 6.07) is 6.05. The molecular weight excluding hydrogens is 298 g/mol. The molecule has 4 rings (SSSR count). The Hall–Kier alpha value is -2.51. The minimum absolute atomic E-state index is 0.100. The molecule has 0 bridgehead atoms. The molecule has 22 heavy (non-hydrogen) atoms. The number of hydrogen-bond donors (Lipinski definition) is 1. The van der Waals surface area contributed by atoms with Gasteiger partial charge in [0.2, 0.25) is 0 Å². The molecule has 3 heterocycles. The highest BCUT2D eigenvalue weighted by Gasteiger charge is 2.11. The van der Waals surface area contributed by atoms with E-state index in [1.54, 1.807) is 30.1 Å². The van der Waals surface area contributed by atoms with Crippen molar-refractivity contribution in [2.75, 3.05) is 6.61 Å². The van der Waals surface area contributed by atoms with Crippen LogP contribution in [0.25, 0.3) is 27.6 Å². The molecule has 0 saturated carbocycles. The third kappa shape index (κ3) is 2.11. The molecule has 0 amide bonds. The maximum atomic E-state index is 9.08. The molecule has 4 aromatic rings. The van der Waals surface area contributed by atoms with E-state index in [2.05, 4.69) is 15.0 Å². The van der Waals surface area contributed by atoms with Gasteiger partial charge < -0.3 is 9.67 Å². The Morgan fingerprint density at radius 2 is 2.09 bits per heavy atom. The maximum absolute atomic E-state index is 9.08. The molecule has 0 fully saturated rings. The van der Waals surface area contributed by atoms with Gasteiger partial charge in [-0.25, -0.2) is 15.0 Å². The van der Waals surface area contributed by atoms with Gasteiger partial charge in [0.15, 0.2) is 10.8 Å². The minimum Gasteiger partial charge on any atom is -0.395 e. The molecule has 110 valence electrons. The predicted octanol–water partition coefficient (Wildman–Crippen LogP) is 2.34. The summed E-state index contributed by atoms with van der Waals surface area (Å²) in [5.74, 6) is 0.823. The average molecular weight is 311 g/mol. The number of benzene rings is 1. The molecule has 0 aliphatic carbocycles. The maximum Gasteiger partial charge on any atom is 0.173 e. The number of hydrogen-bond acceptors (Lipinski definition) is 5. The Labute approximate surface area is 130 Å². The van der Waals surface area contributed by atoms with Crippen LogP contribution in [0, 0.1) is 0 Å². The Morgan fingerprint density at radius 3 is 2.91 bits per heavy atom. The van der Waals surface area contributed by atoms with Crippen LogP contribution in [0.3, 0.4) is 0 Å². The van der Waals surface area contributed by atoms with Crippen molar-refractivity contribution in [3.63, 3.8) is 0 Å². The quantitative estimate of drug-likeness (QED) is 0.628. The van der Waals surface area contributed by atoms with Gasteiger partial charge in [0.05, 0.1) is 24.0 Å². The Bertz CT molecular complexity index is 909. The lowest BCUT2D eigenvalue weighted by Crippen LogP contribution is -2.00. The molecule has 0 aliphatic heterocycles. The lowest BCUT2D eigenvalue weighted by molar-refractivity contribution is 0.278. The lowest BCUT2D eigenvalue weighted by Gasteiger charge is -2.07. The van der Waals surface area contributed by atoms with Crippen LogP contribution in [0.5, 0.6) is 0 Å². The summed E-state index contributed by atoms with van der Waals surface area (Å²) in [4.78, 5) is 13.1.